The number of nitriles is 1. The summed E-state index contributed by atoms with van der Waals surface area (Å²) < 4.78 is 28.6. The molecule has 0 spiro atoms. The van der Waals surface area contributed by atoms with Gasteiger partial charge in [-0.3, -0.25) is 4.79 Å². The monoisotopic (exact) mass is 652 g/mol. The van der Waals surface area contributed by atoms with Crippen molar-refractivity contribution in [3.63, 3.8) is 0 Å². The average molecular weight is 653 g/mol. The molecule has 2 aromatic heterocycles. The molecular weight excluding hydrogens is 615 g/mol. The van der Waals surface area contributed by atoms with Crippen LogP contribution in [-0.4, -0.2) is 72.3 Å². The Kier molecular flexibility index (Phi) is 8.99. The summed E-state index contributed by atoms with van der Waals surface area (Å²) in [6, 6.07) is 14.9. The summed E-state index contributed by atoms with van der Waals surface area (Å²) in [5.41, 5.74) is 6.45. The Hall–Kier alpha value is -5.51. The molecule has 0 bridgehead atoms. The predicted octanol–water partition coefficient (Wildman–Crippen LogP) is 5.85. The lowest BCUT2D eigenvalue weighted by atomic mass is 10.1. The Morgan fingerprint density at radius 1 is 1.06 bits per heavy atom. The van der Waals surface area contributed by atoms with Crippen molar-refractivity contribution in [1.82, 2.24) is 29.5 Å². The fourth-order valence-electron chi connectivity index (χ4n) is 6.23. The first-order valence-corrected chi connectivity index (χ1v) is 15.9. The summed E-state index contributed by atoms with van der Waals surface area (Å²) in [6.45, 7) is 6.56. The fraction of sp³-hybridized carbons (Fsp3) is 0.371. The first-order chi connectivity index (χ1) is 23.0. The second-order valence-corrected chi connectivity index (χ2v) is 12.9. The van der Waals surface area contributed by atoms with Gasteiger partial charge in [0.1, 0.15) is 52.4 Å². The lowest BCUT2D eigenvalue weighted by Crippen LogP contribution is -2.41. The number of ether oxygens (including phenoxy) is 2. The van der Waals surface area contributed by atoms with Crippen molar-refractivity contribution in [1.29, 1.82) is 5.26 Å². The number of nitrogens with two attached hydrogens (primary N) is 1. The molecule has 0 saturated carbocycles. The van der Waals surface area contributed by atoms with Gasteiger partial charge in [-0.1, -0.05) is 18.2 Å². The predicted molar refractivity (Wildman–Crippen MR) is 176 cm³/mol. The number of aromatic nitrogens is 4. The van der Waals surface area contributed by atoms with E-state index in [1.54, 1.807) is 65.6 Å². The van der Waals surface area contributed by atoms with Crippen LogP contribution in [0.15, 0.2) is 66.5 Å². The van der Waals surface area contributed by atoms with Gasteiger partial charge in [-0.25, -0.2) is 23.8 Å². The first-order valence-electron chi connectivity index (χ1n) is 15.9. The molecule has 0 unspecified atom stereocenters. The summed E-state index contributed by atoms with van der Waals surface area (Å²) in [5, 5.41) is 15.2. The number of likely N-dealkylation sites (tertiary alicyclic amines) is 2. The topological polar surface area (TPSA) is 152 Å². The zero-order valence-electron chi connectivity index (χ0n) is 27.1. The molecule has 2 N–H and O–H groups in total. The molecule has 2 aliphatic rings. The molecule has 2 atom stereocenters. The van der Waals surface area contributed by atoms with E-state index >= 15 is 4.39 Å². The zero-order valence-corrected chi connectivity index (χ0v) is 27.1. The Labute approximate surface area is 277 Å². The minimum Gasteiger partial charge on any atom is -0.457 e. The van der Waals surface area contributed by atoms with Crippen molar-refractivity contribution in [2.75, 3.05) is 18.8 Å². The number of hydrogen-bond donors (Lipinski definition) is 1. The van der Waals surface area contributed by atoms with Crippen LogP contribution in [0.2, 0.25) is 0 Å². The van der Waals surface area contributed by atoms with E-state index in [0.29, 0.717) is 48.5 Å². The second-order valence-electron chi connectivity index (χ2n) is 12.9. The summed E-state index contributed by atoms with van der Waals surface area (Å²) in [7, 11) is 0. The second kappa shape index (κ2) is 13.3. The number of carbonyl (C=O) groups excluding carboxylic acids is 2. The van der Waals surface area contributed by atoms with Crippen LogP contribution >= 0.6 is 0 Å². The molecule has 48 heavy (non-hydrogen) atoms. The normalized spacial score (nSPS) is 18.3. The third kappa shape index (κ3) is 6.78. The van der Waals surface area contributed by atoms with Gasteiger partial charge in [0.25, 0.3) is 5.91 Å². The van der Waals surface area contributed by atoms with Gasteiger partial charge in [0.05, 0.1) is 24.0 Å². The molecule has 13 heteroatoms. The molecule has 2 aliphatic heterocycles. The van der Waals surface area contributed by atoms with E-state index in [9.17, 15) is 14.9 Å². The molecule has 0 aliphatic carbocycles. The standard InChI is InChI=1S/C35H37FN8O4/c1-35(2,3)48-34(46)43-16-7-9-23(43)17-22(19-37)33(45)42-15-8-10-24(42)20-44-32-29(31(38)39-21-40-32)30(41-44)27-14-13-26(18-28(27)36)47-25-11-5-4-6-12-25/h4-6,11-14,17-18,21,23-24H,7-10,15-16,20H2,1-3H3,(H2,38,39,40)/t23-,24+/m0/s1. The van der Waals surface area contributed by atoms with Crippen LogP contribution in [0.25, 0.3) is 22.3 Å². The number of halogens is 1. The largest absolute Gasteiger partial charge is 0.457 e. The van der Waals surface area contributed by atoms with Crippen molar-refractivity contribution in [2.24, 2.45) is 0 Å². The van der Waals surface area contributed by atoms with E-state index in [2.05, 4.69) is 16.0 Å². The van der Waals surface area contributed by atoms with E-state index in [0.717, 1.165) is 12.8 Å². The molecular formula is C35H37FN8O4. The molecule has 0 radical (unpaired) electrons. The van der Waals surface area contributed by atoms with Gasteiger partial charge in [-0.15, -0.1) is 0 Å². The van der Waals surface area contributed by atoms with E-state index in [-0.39, 0.29) is 35.2 Å². The zero-order chi connectivity index (χ0) is 34.0. The Morgan fingerprint density at radius 2 is 1.81 bits per heavy atom. The number of amides is 2. The number of hydrogen-bond acceptors (Lipinski definition) is 9. The van der Waals surface area contributed by atoms with E-state index in [1.165, 1.54) is 12.4 Å². The molecule has 2 aromatic carbocycles. The Balaban J connectivity index is 1.25. The van der Waals surface area contributed by atoms with Gasteiger partial charge >= 0.3 is 6.09 Å². The van der Waals surface area contributed by atoms with Gasteiger partial charge in [0.2, 0.25) is 0 Å². The van der Waals surface area contributed by atoms with Gasteiger partial charge in [0.15, 0.2) is 5.65 Å². The van der Waals surface area contributed by atoms with Crippen LogP contribution in [0.1, 0.15) is 46.5 Å². The van der Waals surface area contributed by atoms with E-state index < -0.39 is 29.5 Å². The van der Waals surface area contributed by atoms with Crippen LogP contribution in [0.3, 0.4) is 0 Å². The lowest BCUT2D eigenvalue weighted by Gasteiger charge is -2.28. The molecule has 12 nitrogen and oxygen atoms in total. The maximum Gasteiger partial charge on any atom is 0.410 e. The number of benzene rings is 2. The third-order valence-corrected chi connectivity index (χ3v) is 8.39. The number of fused-ring (bicyclic) bond motifs is 1. The molecule has 2 amide bonds. The van der Waals surface area contributed by atoms with Crippen LogP contribution in [0.4, 0.5) is 15.0 Å². The molecule has 2 saturated heterocycles. The lowest BCUT2D eigenvalue weighted by molar-refractivity contribution is -0.127. The third-order valence-electron chi connectivity index (χ3n) is 8.39. The minimum atomic E-state index is -0.664. The number of para-hydroxylation sites is 1. The van der Waals surface area contributed by atoms with Crippen molar-refractivity contribution in [3.8, 4) is 28.8 Å². The van der Waals surface area contributed by atoms with Crippen LogP contribution < -0.4 is 10.5 Å². The number of carbonyl (C=O) groups is 2. The number of nitrogens with zero attached hydrogens (tertiary/aromatic N) is 7. The molecule has 6 rings (SSSR count). The highest BCUT2D eigenvalue weighted by atomic mass is 19.1. The maximum absolute atomic E-state index is 15.6. The van der Waals surface area contributed by atoms with Crippen molar-refractivity contribution < 1.29 is 23.5 Å². The highest BCUT2D eigenvalue weighted by molar-refractivity contribution is 5.99. The Morgan fingerprint density at radius 3 is 2.54 bits per heavy atom. The van der Waals surface area contributed by atoms with Gasteiger partial charge in [-0.05, 0) is 76.8 Å². The van der Waals surface area contributed by atoms with Gasteiger partial charge < -0.3 is 25.0 Å². The quantitative estimate of drug-likeness (QED) is 0.191. The number of rotatable bonds is 7. The minimum absolute atomic E-state index is 0.0279. The molecule has 4 heterocycles. The molecule has 4 aromatic rings. The molecule has 248 valence electrons. The van der Waals surface area contributed by atoms with Crippen molar-refractivity contribution in [3.05, 3.63) is 72.3 Å². The average Bonchev–Trinajstić information content (AvgIpc) is 3.79. The Bertz CT molecular complexity index is 1910. The fourth-order valence-corrected chi connectivity index (χ4v) is 6.23. The summed E-state index contributed by atoms with van der Waals surface area (Å²) in [5.74, 6) is 0.0637. The van der Waals surface area contributed by atoms with Crippen molar-refractivity contribution in [2.45, 2.75) is 70.7 Å². The van der Waals surface area contributed by atoms with Crippen LogP contribution in [0, 0.1) is 17.1 Å². The highest BCUT2D eigenvalue weighted by Crippen LogP contribution is 2.35. The molecule has 2 fully saturated rings. The summed E-state index contributed by atoms with van der Waals surface area (Å²) in [6.07, 6.45) is 5.18. The number of anilines is 1. The number of nitrogen functional groups attached to an aromatic ring is 1. The smallest absolute Gasteiger partial charge is 0.410 e. The van der Waals surface area contributed by atoms with Crippen LogP contribution in [0.5, 0.6) is 11.5 Å². The SMILES string of the molecule is CC(C)(C)OC(=O)N1CCC[C@H]1C=C(C#N)C(=O)N1CCC[C@@H]1Cn1nc(-c2ccc(Oc3ccccc3)cc2F)c2c(N)ncnc21. The van der Waals surface area contributed by atoms with Crippen LogP contribution in [-0.2, 0) is 16.1 Å². The van der Waals surface area contributed by atoms with Gasteiger partial charge in [0, 0.05) is 24.7 Å². The van der Waals surface area contributed by atoms with Crippen molar-refractivity contribution >= 4 is 28.9 Å². The maximum atomic E-state index is 15.6. The van der Waals surface area contributed by atoms with Gasteiger partial charge in [-0.2, -0.15) is 10.4 Å². The van der Waals surface area contributed by atoms with E-state index in [4.69, 9.17) is 20.3 Å². The first kappa shape index (κ1) is 32.4. The van der Waals surface area contributed by atoms with E-state index in [1.807, 2.05) is 18.2 Å². The summed E-state index contributed by atoms with van der Waals surface area (Å²) >= 11 is 0. The summed E-state index contributed by atoms with van der Waals surface area (Å²) in [4.78, 5) is 38.4. The highest BCUT2D eigenvalue weighted by Gasteiger charge is 2.35.